The first-order valence-corrected chi connectivity index (χ1v) is 5.21. The molecule has 5 heteroatoms. The highest BCUT2D eigenvalue weighted by Crippen LogP contribution is 2.36. The lowest BCUT2D eigenvalue weighted by Gasteiger charge is -2.07. The van der Waals surface area contributed by atoms with Gasteiger partial charge in [0.2, 0.25) is 0 Å². The number of nitrogens with zero attached hydrogens (tertiary/aromatic N) is 4. The fourth-order valence-electron chi connectivity index (χ4n) is 1.74. The third kappa shape index (κ3) is 1.70. The third-order valence-corrected chi connectivity index (χ3v) is 3.07. The standard InChI is InChI=1S/C10H13N5/c11-10(4-5-10)3-1-8-2-6-15-9(7-8)12-13-14-15/h2,6-7H,1,3-5,11H2. The van der Waals surface area contributed by atoms with Crippen LogP contribution in [0.2, 0.25) is 0 Å². The van der Waals surface area contributed by atoms with Crippen molar-refractivity contribution in [1.82, 2.24) is 20.0 Å². The first kappa shape index (κ1) is 8.79. The molecule has 0 bridgehead atoms. The van der Waals surface area contributed by atoms with Crippen molar-refractivity contribution < 1.29 is 0 Å². The molecule has 0 amide bonds. The minimum atomic E-state index is 0.123. The van der Waals surface area contributed by atoms with E-state index in [2.05, 4.69) is 21.6 Å². The summed E-state index contributed by atoms with van der Waals surface area (Å²) in [4.78, 5) is 0. The summed E-state index contributed by atoms with van der Waals surface area (Å²) < 4.78 is 1.67. The number of hydrogen-bond acceptors (Lipinski definition) is 4. The number of rotatable bonds is 3. The Kier molecular flexibility index (Phi) is 1.76. The molecule has 15 heavy (non-hydrogen) atoms. The number of aromatic nitrogens is 4. The van der Waals surface area contributed by atoms with Crippen LogP contribution in [0.4, 0.5) is 0 Å². The molecule has 1 fully saturated rings. The van der Waals surface area contributed by atoms with Crippen molar-refractivity contribution in [3.05, 3.63) is 23.9 Å². The van der Waals surface area contributed by atoms with Crippen LogP contribution in [0, 0.1) is 0 Å². The van der Waals surface area contributed by atoms with Crippen molar-refractivity contribution in [2.75, 3.05) is 0 Å². The second-order valence-electron chi connectivity index (χ2n) is 4.38. The van der Waals surface area contributed by atoms with Crippen LogP contribution in [-0.2, 0) is 6.42 Å². The van der Waals surface area contributed by atoms with Crippen molar-refractivity contribution in [3.8, 4) is 0 Å². The maximum Gasteiger partial charge on any atom is 0.179 e. The summed E-state index contributed by atoms with van der Waals surface area (Å²) in [5.41, 5.74) is 8.22. The molecule has 0 saturated heterocycles. The van der Waals surface area contributed by atoms with Crippen LogP contribution in [0.1, 0.15) is 24.8 Å². The molecular weight excluding hydrogens is 190 g/mol. The van der Waals surface area contributed by atoms with Crippen LogP contribution in [0.15, 0.2) is 18.3 Å². The molecule has 1 aliphatic rings. The topological polar surface area (TPSA) is 69.1 Å². The minimum absolute atomic E-state index is 0.123. The van der Waals surface area contributed by atoms with E-state index in [0.717, 1.165) is 18.5 Å². The van der Waals surface area contributed by atoms with Crippen LogP contribution < -0.4 is 5.73 Å². The van der Waals surface area contributed by atoms with Crippen molar-refractivity contribution in [2.45, 2.75) is 31.2 Å². The van der Waals surface area contributed by atoms with Crippen molar-refractivity contribution in [1.29, 1.82) is 0 Å². The maximum atomic E-state index is 6.04. The van der Waals surface area contributed by atoms with Crippen LogP contribution in [0.5, 0.6) is 0 Å². The van der Waals surface area contributed by atoms with Crippen molar-refractivity contribution >= 4 is 5.65 Å². The Morgan fingerprint density at radius 2 is 2.33 bits per heavy atom. The molecular formula is C10H13N5. The summed E-state index contributed by atoms with van der Waals surface area (Å²) in [7, 11) is 0. The lowest BCUT2D eigenvalue weighted by Crippen LogP contribution is -2.22. The molecule has 0 aromatic carbocycles. The number of fused-ring (bicyclic) bond motifs is 1. The lowest BCUT2D eigenvalue weighted by atomic mass is 10.1. The number of aryl methyl sites for hydroxylation is 1. The molecule has 2 aromatic heterocycles. The van der Waals surface area contributed by atoms with Gasteiger partial charge < -0.3 is 5.73 Å². The van der Waals surface area contributed by atoms with Gasteiger partial charge in [0, 0.05) is 11.7 Å². The van der Waals surface area contributed by atoms with Gasteiger partial charge in [0.15, 0.2) is 5.65 Å². The normalized spacial score (nSPS) is 18.2. The van der Waals surface area contributed by atoms with E-state index in [4.69, 9.17) is 5.73 Å². The van der Waals surface area contributed by atoms with Gasteiger partial charge >= 0.3 is 0 Å². The Bertz CT molecular complexity index is 485. The Morgan fingerprint density at radius 3 is 3.13 bits per heavy atom. The van der Waals surface area contributed by atoms with E-state index >= 15 is 0 Å². The van der Waals surface area contributed by atoms with Gasteiger partial charge in [0.05, 0.1) is 0 Å². The molecule has 0 atom stereocenters. The van der Waals surface area contributed by atoms with Gasteiger partial charge in [-0.15, -0.1) is 5.10 Å². The molecule has 3 rings (SSSR count). The number of hydrogen-bond donors (Lipinski definition) is 1. The van der Waals surface area contributed by atoms with E-state index in [-0.39, 0.29) is 5.54 Å². The molecule has 78 valence electrons. The predicted molar refractivity (Wildman–Crippen MR) is 55.3 cm³/mol. The summed E-state index contributed by atoms with van der Waals surface area (Å²) in [6.07, 6.45) is 6.30. The zero-order valence-electron chi connectivity index (χ0n) is 8.43. The Balaban J connectivity index is 1.78. The van der Waals surface area contributed by atoms with Crippen molar-refractivity contribution in [3.63, 3.8) is 0 Å². The highest BCUT2D eigenvalue weighted by Gasteiger charge is 2.37. The van der Waals surface area contributed by atoms with E-state index in [1.165, 1.54) is 18.4 Å². The fraction of sp³-hybridized carbons (Fsp3) is 0.500. The highest BCUT2D eigenvalue weighted by molar-refractivity contribution is 5.38. The third-order valence-electron chi connectivity index (χ3n) is 3.07. The van der Waals surface area contributed by atoms with E-state index in [1.54, 1.807) is 4.52 Å². The van der Waals surface area contributed by atoms with E-state index in [9.17, 15) is 0 Å². The molecule has 1 aliphatic carbocycles. The SMILES string of the molecule is NC1(CCc2ccn3nnnc3c2)CC1. The Morgan fingerprint density at radius 1 is 1.47 bits per heavy atom. The monoisotopic (exact) mass is 203 g/mol. The quantitative estimate of drug-likeness (QED) is 0.790. The van der Waals surface area contributed by atoms with Crippen LogP contribution >= 0.6 is 0 Å². The van der Waals surface area contributed by atoms with Gasteiger partial charge in [-0.2, -0.15) is 0 Å². The minimum Gasteiger partial charge on any atom is -0.325 e. The molecule has 2 N–H and O–H groups in total. The predicted octanol–water partition coefficient (Wildman–Crippen LogP) is 0.548. The first-order valence-electron chi connectivity index (χ1n) is 5.21. The summed E-state index contributed by atoms with van der Waals surface area (Å²) >= 11 is 0. The Labute approximate surface area is 87.3 Å². The van der Waals surface area contributed by atoms with Crippen LogP contribution in [-0.4, -0.2) is 25.6 Å². The second-order valence-corrected chi connectivity index (χ2v) is 4.38. The zero-order chi connectivity index (χ0) is 10.3. The average molecular weight is 203 g/mol. The molecule has 0 radical (unpaired) electrons. The summed E-state index contributed by atoms with van der Waals surface area (Å²) in [6.45, 7) is 0. The van der Waals surface area contributed by atoms with Crippen LogP contribution in [0.3, 0.4) is 0 Å². The van der Waals surface area contributed by atoms with Gasteiger partial charge in [0.1, 0.15) is 0 Å². The highest BCUT2D eigenvalue weighted by atomic mass is 15.5. The van der Waals surface area contributed by atoms with Gasteiger partial charge in [-0.25, -0.2) is 4.52 Å². The van der Waals surface area contributed by atoms with Crippen molar-refractivity contribution in [2.24, 2.45) is 5.73 Å². The molecule has 0 unspecified atom stereocenters. The fourth-order valence-corrected chi connectivity index (χ4v) is 1.74. The molecule has 0 spiro atoms. The Hall–Kier alpha value is -1.49. The zero-order valence-corrected chi connectivity index (χ0v) is 8.43. The molecule has 1 saturated carbocycles. The summed E-state index contributed by atoms with van der Waals surface area (Å²) in [5.74, 6) is 0. The second kappa shape index (κ2) is 3.00. The van der Waals surface area contributed by atoms with E-state index < -0.39 is 0 Å². The molecule has 2 aromatic rings. The van der Waals surface area contributed by atoms with Gasteiger partial charge in [-0.3, -0.25) is 0 Å². The molecule has 2 heterocycles. The molecule has 0 aliphatic heterocycles. The number of pyridine rings is 1. The number of nitrogens with two attached hydrogens (primary N) is 1. The summed E-state index contributed by atoms with van der Waals surface area (Å²) in [5, 5.41) is 11.3. The largest absolute Gasteiger partial charge is 0.325 e. The van der Waals surface area contributed by atoms with Gasteiger partial charge in [-0.1, -0.05) is 0 Å². The van der Waals surface area contributed by atoms with Crippen LogP contribution in [0.25, 0.3) is 5.65 Å². The van der Waals surface area contributed by atoms with E-state index in [1.807, 2.05) is 12.3 Å². The first-order chi connectivity index (χ1) is 7.25. The maximum absolute atomic E-state index is 6.04. The number of tetrazole rings is 1. The summed E-state index contributed by atoms with van der Waals surface area (Å²) in [6, 6.07) is 4.07. The van der Waals surface area contributed by atoms with Gasteiger partial charge in [-0.05, 0) is 53.8 Å². The lowest BCUT2D eigenvalue weighted by molar-refractivity contribution is 0.609. The molecule has 5 nitrogen and oxygen atoms in total. The smallest absolute Gasteiger partial charge is 0.179 e. The van der Waals surface area contributed by atoms with Gasteiger partial charge in [0.25, 0.3) is 0 Å². The van der Waals surface area contributed by atoms with E-state index in [0.29, 0.717) is 0 Å². The average Bonchev–Trinajstić information content (AvgIpc) is 2.80.